The van der Waals surface area contributed by atoms with Crippen LogP contribution < -0.4 is 5.73 Å². The van der Waals surface area contributed by atoms with Crippen LogP contribution in [0, 0.1) is 0 Å². The summed E-state index contributed by atoms with van der Waals surface area (Å²) in [6.45, 7) is 2.85. The highest BCUT2D eigenvalue weighted by Crippen LogP contribution is 2.20. The summed E-state index contributed by atoms with van der Waals surface area (Å²) in [5.74, 6) is 0. The minimum absolute atomic E-state index is 0. The fourth-order valence-electron chi connectivity index (χ4n) is 2.09. The zero-order valence-corrected chi connectivity index (χ0v) is 12.6. The van der Waals surface area contributed by atoms with Crippen LogP contribution in [0.1, 0.15) is 5.56 Å². The Labute approximate surface area is 120 Å². The molecule has 1 aliphatic heterocycles. The van der Waals surface area contributed by atoms with E-state index in [0.29, 0.717) is 23.5 Å². The second-order valence-electron chi connectivity index (χ2n) is 4.52. The van der Waals surface area contributed by atoms with Crippen LogP contribution in [0.4, 0.5) is 0 Å². The van der Waals surface area contributed by atoms with Gasteiger partial charge in [-0.15, -0.1) is 12.4 Å². The fraction of sp³-hybridized carbons (Fsp3) is 0.500. The van der Waals surface area contributed by atoms with Gasteiger partial charge in [0.05, 0.1) is 4.90 Å². The average Bonchev–Trinajstić information content (AvgIpc) is 2.39. The van der Waals surface area contributed by atoms with E-state index in [-0.39, 0.29) is 19.0 Å². The molecule has 1 saturated heterocycles. The number of hydrogen-bond acceptors (Lipinski definition) is 4. The molecule has 1 aromatic rings. The van der Waals surface area contributed by atoms with Gasteiger partial charge in [0, 0.05) is 32.7 Å². The van der Waals surface area contributed by atoms with Crippen LogP contribution in [-0.2, 0) is 16.6 Å². The van der Waals surface area contributed by atoms with Gasteiger partial charge in [0.25, 0.3) is 0 Å². The summed E-state index contributed by atoms with van der Waals surface area (Å²) in [5.41, 5.74) is 6.28. The molecule has 1 aliphatic rings. The van der Waals surface area contributed by atoms with Crippen molar-refractivity contribution >= 4 is 22.4 Å². The van der Waals surface area contributed by atoms with E-state index in [0.717, 1.165) is 13.1 Å². The lowest BCUT2D eigenvalue weighted by atomic mass is 10.2. The predicted molar refractivity (Wildman–Crippen MR) is 77.8 cm³/mol. The van der Waals surface area contributed by atoms with Crippen molar-refractivity contribution in [2.75, 3.05) is 33.2 Å². The van der Waals surface area contributed by atoms with Gasteiger partial charge in [-0.1, -0.05) is 18.2 Å². The summed E-state index contributed by atoms with van der Waals surface area (Å²) in [6, 6.07) is 6.95. The number of hydrogen-bond donors (Lipinski definition) is 1. The number of piperazine rings is 1. The molecular formula is C12H20ClN3O2S. The van der Waals surface area contributed by atoms with Crippen LogP contribution in [0.25, 0.3) is 0 Å². The number of likely N-dealkylation sites (N-methyl/N-ethyl adjacent to an activating group) is 1. The van der Waals surface area contributed by atoms with Crippen molar-refractivity contribution in [1.29, 1.82) is 0 Å². The Balaban J connectivity index is 0.00000180. The van der Waals surface area contributed by atoms with E-state index < -0.39 is 10.0 Å². The van der Waals surface area contributed by atoms with E-state index in [4.69, 9.17) is 5.73 Å². The highest BCUT2D eigenvalue weighted by molar-refractivity contribution is 7.89. The summed E-state index contributed by atoms with van der Waals surface area (Å²) >= 11 is 0. The Morgan fingerprint density at radius 1 is 1.16 bits per heavy atom. The largest absolute Gasteiger partial charge is 0.326 e. The number of benzene rings is 1. The van der Waals surface area contributed by atoms with E-state index in [1.54, 1.807) is 22.5 Å². The molecule has 2 N–H and O–H groups in total. The minimum Gasteiger partial charge on any atom is -0.326 e. The maximum absolute atomic E-state index is 12.5. The fourth-order valence-corrected chi connectivity index (χ4v) is 3.75. The van der Waals surface area contributed by atoms with Gasteiger partial charge in [-0.25, -0.2) is 8.42 Å². The molecule has 0 aliphatic carbocycles. The third-order valence-corrected chi connectivity index (χ3v) is 5.27. The topological polar surface area (TPSA) is 66.6 Å². The summed E-state index contributed by atoms with van der Waals surface area (Å²) < 4.78 is 26.6. The molecule has 0 radical (unpaired) electrons. The lowest BCUT2D eigenvalue weighted by molar-refractivity contribution is 0.222. The molecule has 0 atom stereocenters. The minimum atomic E-state index is -3.40. The Morgan fingerprint density at radius 2 is 1.74 bits per heavy atom. The predicted octanol–water partition coefficient (Wildman–Crippen LogP) is 0.503. The molecule has 7 heteroatoms. The van der Waals surface area contributed by atoms with Crippen LogP contribution in [0.3, 0.4) is 0 Å². The summed E-state index contributed by atoms with van der Waals surface area (Å²) in [7, 11) is -1.40. The van der Waals surface area contributed by atoms with Gasteiger partial charge < -0.3 is 10.6 Å². The van der Waals surface area contributed by atoms with E-state index in [9.17, 15) is 8.42 Å². The van der Waals surface area contributed by atoms with Crippen LogP contribution >= 0.6 is 12.4 Å². The molecule has 108 valence electrons. The van der Waals surface area contributed by atoms with Gasteiger partial charge in [0.15, 0.2) is 0 Å². The van der Waals surface area contributed by atoms with Crippen molar-refractivity contribution in [2.24, 2.45) is 5.73 Å². The quantitative estimate of drug-likeness (QED) is 0.883. The second-order valence-corrected chi connectivity index (χ2v) is 6.43. The second kappa shape index (κ2) is 6.67. The highest BCUT2D eigenvalue weighted by atomic mass is 35.5. The molecule has 0 unspecified atom stereocenters. The van der Waals surface area contributed by atoms with Gasteiger partial charge in [0.2, 0.25) is 10.0 Å². The van der Waals surface area contributed by atoms with E-state index in [2.05, 4.69) is 4.90 Å². The first-order valence-corrected chi connectivity index (χ1v) is 7.46. The van der Waals surface area contributed by atoms with Crippen LogP contribution in [0.2, 0.25) is 0 Å². The monoisotopic (exact) mass is 305 g/mol. The Kier molecular flexibility index (Phi) is 5.76. The summed E-state index contributed by atoms with van der Waals surface area (Å²) in [5, 5.41) is 0. The molecule has 2 rings (SSSR count). The van der Waals surface area contributed by atoms with Gasteiger partial charge in [0.1, 0.15) is 0 Å². The van der Waals surface area contributed by atoms with Crippen molar-refractivity contribution in [3.8, 4) is 0 Å². The average molecular weight is 306 g/mol. The Bertz CT molecular complexity index is 513. The Morgan fingerprint density at radius 3 is 2.32 bits per heavy atom. The zero-order valence-electron chi connectivity index (χ0n) is 10.9. The van der Waals surface area contributed by atoms with E-state index in [1.165, 1.54) is 0 Å². The van der Waals surface area contributed by atoms with Crippen molar-refractivity contribution in [3.05, 3.63) is 29.8 Å². The molecule has 0 amide bonds. The van der Waals surface area contributed by atoms with E-state index in [1.807, 2.05) is 13.1 Å². The van der Waals surface area contributed by atoms with Gasteiger partial charge in [-0.05, 0) is 18.7 Å². The van der Waals surface area contributed by atoms with Gasteiger partial charge in [-0.3, -0.25) is 0 Å². The lowest BCUT2D eigenvalue weighted by Gasteiger charge is -2.31. The molecule has 0 spiro atoms. The molecular weight excluding hydrogens is 286 g/mol. The first kappa shape index (κ1) is 16.4. The molecule has 1 fully saturated rings. The summed E-state index contributed by atoms with van der Waals surface area (Å²) in [4.78, 5) is 2.47. The first-order valence-electron chi connectivity index (χ1n) is 6.02. The standard InChI is InChI=1S/C12H19N3O2S.ClH/c1-14-6-8-15(9-7-14)18(16,17)12-5-3-2-4-11(12)10-13;/h2-5H,6-10,13H2,1H3;1H. The SMILES string of the molecule is CN1CCN(S(=O)(=O)c2ccccc2CN)CC1.Cl. The molecule has 1 heterocycles. The number of halogens is 1. The normalized spacial score (nSPS) is 18.0. The smallest absolute Gasteiger partial charge is 0.243 e. The molecule has 0 bridgehead atoms. The summed E-state index contributed by atoms with van der Waals surface area (Å²) in [6.07, 6.45) is 0. The van der Waals surface area contributed by atoms with Crippen molar-refractivity contribution in [1.82, 2.24) is 9.21 Å². The molecule has 0 saturated carbocycles. The van der Waals surface area contributed by atoms with Crippen LogP contribution in [-0.4, -0.2) is 50.8 Å². The zero-order chi connectivity index (χ0) is 13.2. The number of nitrogens with zero attached hydrogens (tertiary/aromatic N) is 2. The number of nitrogens with two attached hydrogens (primary N) is 1. The van der Waals surface area contributed by atoms with Crippen molar-refractivity contribution in [2.45, 2.75) is 11.4 Å². The van der Waals surface area contributed by atoms with Crippen molar-refractivity contribution in [3.63, 3.8) is 0 Å². The van der Waals surface area contributed by atoms with E-state index >= 15 is 0 Å². The molecule has 1 aromatic carbocycles. The van der Waals surface area contributed by atoms with Crippen LogP contribution in [0.15, 0.2) is 29.2 Å². The van der Waals surface area contributed by atoms with Crippen molar-refractivity contribution < 1.29 is 8.42 Å². The maximum atomic E-state index is 12.5. The van der Waals surface area contributed by atoms with Gasteiger partial charge in [-0.2, -0.15) is 4.31 Å². The maximum Gasteiger partial charge on any atom is 0.243 e. The molecule has 0 aromatic heterocycles. The third-order valence-electron chi connectivity index (χ3n) is 3.27. The highest BCUT2D eigenvalue weighted by Gasteiger charge is 2.28. The third kappa shape index (κ3) is 3.46. The number of rotatable bonds is 3. The lowest BCUT2D eigenvalue weighted by Crippen LogP contribution is -2.47. The molecule has 19 heavy (non-hydrogen) atoms. The van der Waals surface area contributed by atoms with Gasteiger partial charge >= 0.3 is 0 Å². The first-order chi connectivity index (χ1) is 8.55. The van der Waals surface area contributed by atoms with Crippen LogP contribution in [0.5, 0.6) is 0 Å². The number of sulfonamides is 1. The molecule has 5 nitrogen and oxygen atoms in total. The Hall–Kier alpha value is -0.660.